The second-order valence-corrected chi connectivity index (χ2v) is 11.5. The van der Waals surface area contributed by atoms with Crippen LogP contribution in [0.25, 0.3) is 0 Å². The molecule has 1 aliphatic heterocycles. The molecule has 0 bridgehead atoms. The van der Waals surface area contributed by atoms with Crippen LogP contribution in [0.4, 0.5) is 10.5 Å². The molecule has 1 aliphatic rings. The maximum absolute atomic E-state index is 13.5. The predicted octanol–water partition coefficient (Wildman–Crippen LogP) is 2.43. The first-order valence-corrected chi connectivity index (χ1v) is 14.5. The summed E-state index contributed by atoms with van der Waals surface area (Å²) in [7, 11) is 3.34. The van der Waals surface area contributed by atoms with Gasteiger partial charge in [0.05, 0.1) is 13.1 Å². The van der Waals surface area contributed by atoms with Gasteiger partial charge in [0.25, 0.3) is 11.8 Å². The van der Waals surface area contributed by atoms with Crippen molar-refractivity contribution in [2.24, 2.45) is 0 Å². The van der Waals surface area contributed by atoms with E-state index >= 15 is 0 Å². The Morgan fingerprint density at radius 3 is 2.21 bits per heavy atom. The average molecular weight is 596 g/mol. The number of ether oxygens (including phenoxy) is 1. The van der Waals surface area contributed by atoms with Gasteiger partial charge in [0.15, 0.2) is 0 Å². The molecule has 12 nitrogen and oxygen atoms in total. The highest BCUT2D eigenvalue weighted by molar-refractivity contribution is 5.95. The standard InChI is InChI=1S/C31H45N7O5/c1-8-36(30(42)43-31(3,4)5)16-15-33-27(39)20-37(26-14-13-23(17-22(26)2)29(41)34-32-6)21-28(40)35(7)38-18-24-11-9-10-12-25(24)19-38/h9-14,17,32H,8,15-16,18-21H2,1-7H3,(H,33,39)(H,34,41). The Hall–Kier alpha value is -4.16. The molecule has 0 aliphatic carbocycles. The van der Waals surface area contributed by atoms with Gasteiger partial charge in [-0.2, -0.15) is 0 Å². The van der Waals surface area contributed by atoms with Gasteiger partial charge in [0.1, 0.15) is 5.60 Å². The van der Waals surface area contributed by atoms with E-state index in [4.69, 9.17) is 4.74 Å². The lowest BCUT2D eigenvalue weighted by molar-refractivity contribution is -0.145. The van der Waals surface area contributed by atoms with Crippen LogP contribution in [0.5, 0.6) is 0 Å². The van der Waals surface area contributed by atoms with Crippen LogP contribution >= 0.6 is 0 Å². The zero-order valence-corrected chi connectivity index (χ0v) is 26.3. The van der Waals surface area contributed by atoms with Gasteiger partial charge in [-0.25, -0.2) is 15.2 Å². The number of carbonyl (C=O) groups is 4. The van der Waals surface area contributed by atoms with Crippen LogP contribution in [-0.4, -0.2) is 91.2 Å². The molecule has 234 valence electrons. The van der Waals surface area contributed by atoms with Crippen molar-refractivity contribution in [1.82, 2.24) is 31.1 Å². The molecule has 3 rings (SSSR count). The summed E-state index contributed by atoms with van der Waals surface area (Å²) in [6.07, 6.45) is -0.443. The van der Waals surface area contributed by atoms with Crippen LogP contribution in [0.1, 0.15) is 54.7 Å². The highest BCUT2D eigenvalue weighted by Crippen LogP contribution is 2.25. The largest absolute Gasteiger partial charge is 0.444 e. The molecular weight excluding hydrogens is 550 g/mol. The fourth-order valence-corrected chi connectivity index (χ4v) is 4.78. The molecule has 4 amide bonds. The van der Waals surface area contributed by atoms with E-state index in [0.717, 1.165) is 5.56 Å². The summed E-state index contributed by atoms with van der Waals surface area (Å²) in [6, 6.07) is 13.2. The molecule has 2 aromatic carbocycles. The highest BCUT2D eigenvalue weighted by atomic mass is 16.6. The molecule has 0 fully saturated rings. The zero-order chi connectivity index (χ0) is 31.7. The molecule has 12 heteroatoms. The topological polar surface area (TPSA) is 127 Å². The smallest absolute Gasteiger partial charge is 0.410 e. The Labute approximate surface area is 254 Å². The van der Waals surface area contributed by atoms with Crippen LogP contribution in [0, 0.1) is 6.92 Å². The second kappa shape index (κ2) is 14.8. The number of hydrogen-bond acceptors (Lipinski definition) is 8. The lowest BCUT2D eigenvalue weighted by Gasteiger charge is -2.32. The number of hydrazine groups is 2. The van der Waals surface area contributed by atoms with Gasteiger partial charge in [0, 0.05) is 58.1 Å². The molecular formula is C31H45N7O5. The minimum absolute atomic E-state index is 0.0569. The number of carbonyl (C=O) groups excluding carboxylic acids is 4. The van der Waals surface area contributed by atoms with E-state index in [9.17, 15) is 19.2 Å². The van der Waals surface area contributed by atoms with Crippen LogP contribution in [0.3, 0.4) is 0 Å². The van der Waals surface area contributed by atoms with Crippen molar-refractivity contribution in [1.29, 1.82) is 0 Å². The third-order valence-electron chi connectivity index (χ3n) is 7.05. The molecule has 0 atom stereocenters. The maximum atomic E-state index is 13.5. The number of aryl methyl sites for hydroxylation is 1. The summed E-state index contributed by atoms with van der Waals surface area (Å²) in [4.78, 5) is 54.7. The summed E-state index contributed by atoms with van der Waals surface area (Å²) in [5, 5.41) is 6.44. The molecule has 0 spiro atoms. The Morgan fingerprint density at radius 1 is 1.00 bits per heavy atom. The number of rotatable bonds is 12. The lowest BCUT2D eigenvalue weighted by atomic mass is 10.1. The number of anilines is 1. The minimum atomic E-state index is -0.618. The molecule has 0 unspecified atom stereocenters. The highest BCUT2D eigenvalue weighted by Gasteiger charge is 2.27. The molecule has 2 aromatic rings. The van der Waals surface area contributed by atoms with E-state index < -0.39 is 11.7 Å². The third kappa shape index (κ3) is 9.42. The van der Waals surface area contributed by atoms with Gasteiger partial charge in [-0.05, 0) is 69.5 Å². The number of nitrogens with one attached hydrogen (secondary N) is 3. The fraction of sp³-hybridized carbons (Fsp3) is 0.484. The molecule has 43 heavy (non-hydrogen) atoms. The summed E-state index contributed by atoms with van der Waals surface area (Å²) in [5.74, 6) is -0.781. The SMILES string of the molecule is CCN(CCNC(=O)CN(CC(=O)N(C)N1Cc2ccccc2C1)c1ccc(C(=O)NNC)cc1C)C(=O)OC(C)(C)C. The fourth-order valence-electron chi connectivity index (χ4n) is 4.78. The second-order valence-electron chi connectivity index (χ2n) is 11.5. The first-order chi connectivity index (χ1) is 20.3. The van der Waals surface area contributed by atoms with E-state index in [1.807, 2.05) is 31.0 Å². The number of fused-ring (bicyclic) bond motifs is 1. The third-order valence-corrected chi connectivity index (χ3v) is 7.05. The Bertz CT molecular complexity index is 1280. The first-order valence-electron chi connectivity index (χ1n) is 14.5. The van der Waals surface area contributed by atoms with Crippen molar-refractivity contribution in [2.75, 3.05) is 51.7 Å². The zero-order valence-electron chi connectivity index (χ0n) is 26.3. The van der Waals surface area contributed by atoms with Crippen molar-refractivity contribution in [3.63, 3.8) is 0 Å². The molecule has 0 saturated carbocycles. The van der Waals surface area contributed by atoms with Crippen molar-refractivity contribution >= 4 is 29.5 Å². The lowest BCUT2D eigenvalue weighted by Crippen LogP contribution is -2.48. The summed E-state index contributed by atoms with van der Waals surface area (Å²) in [6.45, 7) is 11.1. The number of benzene rings is 2. The van der Waals surface area contributed by atoms with E-state index in [1.54, 1.807) is 63.0 Å². The van der Waals surface area contributed by atoms with E-state index in [-0.39, 0.29) is 43.9 Å². The van der Waals surface area contributed by atoms with Crippen molar-refractivity contribution in [3.8, 4) is 0 Å². The van der Waals surface area contributed by atoms with Crippen molar-refractivity contribution in [2.45, 2.75) is 53.3 Å². The molecule has 1 heterocycles. The Balaban J connectivity index is 1.71. The van der Waals surface area contributed by atoms with Gasteiger partial charge in [-0.15, -0.1) is 0 Å². The normalized spacial score (nSPS) is 12.7. The number of amides is 4. The van der Waals surface area contributed by atoms with Crippen LogP contribution in [0.15, 0.2) is 42.5 Å². The van der Waals surface area contributed by atoms with Crippen LogP contribution < -0.4 is 21.1 Å². The Kier molecular flexibility index (Phi) is 11.5. The maximum Gasteiger partial charge on any atom is 0.410 e. The molecule has 0 aromatic heterocycles. The van der Waals surface area contributed by atoms with Gasteiger partial charge in [-0.3, -0.25) is 24.8 Å². The van der Waals surface area contributed by atoms with E-state index in [2.05, 4.69) is 28.3 Å². The van der Waals surface area contributed by atoms with Crippen LogP contribution in [-0.2, 0) is 27.4 Å². The number of likely N-dealkylation sites (N-methyl/N-ethyl adjacent to an activating group) is 2. The summed E-state index contributed by atoms with van der Waals surface area (Å²) in [5.41, 5.74) is 8.74. The summed E-state index contributed by atoms with van der Waals surface area (Å²) < 4.78 is 5.44. The quantitative estimate of drug-likeness (QED) is 0.320. The van der Waals surface area contributed by atoms with E-state index in [1.165, 1.54) is 16.0 Å². The predicted molar refractivity (Wildman–Crippen MR) is 165 cm³/mol. The molecule has 0 radical (unpaired) electrons. The summed E-state index contributed by atoms with van der Waals surface area (Å²) >= 11 is 0. The van der Waals surface area contributed by atoms with E-state index in [0.29, 0.717) is 30.9 Å². The van der Waals surface area contributed by atoms with Gasteiger partial charge in [-0.1, -0.05) is 24.3 Å². The first kappa shape index (κ1) is 33.3. The van der Waals surface area contributed by atoms with Gasteiger partial charge in [0.2, 0.25) is 5.91 Å². The van der Waals surface area contributed by atoms with Gasteiger partial charge < -0.3 is 19.9 Å². The van der Waals surface area contributed by atoms with Crippen molar-refractivity contribution in [3.05, 3.63) is 64.7 Å². The molecule has 3 N–H and O–H groups in total. The monoisotopic (exact) mass is 595 g/mol. The minimum Gasteiger partial charge on any atom is -0.444 e. The number of hydrogen-bond donors (Lipinski definition) is 3. The number of nitrogens with zero attached hydrogens (tertiary/aromatic N) is 4. The Morgan fingerprint density at radius 2 is 1.65 bits per heavy atom. The van der Waals surface area contributed by atoms with Gasteiger partial charge >= 0.3 is 6.09 Å². The average Bonchev–Trinajstić information content (AvgIpc) is 3.38. The van der Waals surface area contributed by atoms with Crippen LogP contribution in [0.2, 0.25) is 0 Å². The molecule has 0 saturated heterocycles. The van der Waals surface area contributed by atoms with Crippen molar-refractivity contribution < 1.29 is 23.9 Å².